The summed E-state index contributed by atoms with van der Waals surface area (Å²) in [5, 5.41) is 1.73. The molecule has 0 saturated heterocycles. The maximum absolute atomic E-state index is 10.8. The van der Waals surface area contributed by atoms with Crippen molar-refractivity contribution in [2.24, 2.45) is 0 Å². The molecular formula is C12H14O3S. The Morgan fingerprint density at radius 1 is 1.31 bits per heavy atom. The van der Waals surface area contributed by atoms with E-state index in [2.05, 4.69) is 4.74 Å². The van der Waals surface area contributed by atoms with Crippen LogP contribution in [0.3, 0.4) is 0 Å². The highest BCUT2D eigenvalue weighted by molar-refractivity contribution is 8.01. The van der Waals surface area contributed by atoms with Gasteiger partial charge in [0.25, 0.3) is 0 Å². The fourth-order valence-corrected chi connectivity index (χ4v) is 1.73. The summed E-state index contributed by atoms with van der Waals surface area (Å²) in [5.41, 5.74) is 1.18. The number of carbonyl (C=O) groups excluding carboxylic acids is 1. The number of rotatable bonds is 5. The van der Waals surface area contributed by atoms with E-state index < -0.39 is 0 Å². The molecule has 1 rings (SSSR count). The van der Waals surface area contributed by atoms with Crippen LogP contribution in [-0.2, 0) is 15.3 Å². The zero-order chi connectivity index (χ0) is 11.8. The summed E-state index contributed by atoms with van der Waals surface area (Å²) in [6, 6.07) is 7.83. The fourth-order valence-electron chi connectivity index (χ4n) is 1.04. The second-order valence-electron chi connectivity index (χ2n) is 2.98. The highest BCUT2D eigenvalue weighted by Gasteiger charge is 1.94. The van der Waals surface area contributed by atoms with E-state index in [1.807, 2.05) is 24.3 Å². The molecule has 0 amide bonds. The van der Waals surface area contributed by atoms with Gasteiger partial charge in [-0.2, -0.15) is 0 Å². The lowest BCUT2D eigenvalue weighted by molar-refractivity contribution is -0.134. The van der Waals surface area contributed by atoms with Crippen molar-refractivity contribution < 1.29 is 14.3 Å². The molecule has 0 unspecified atom stereocenters. The van der Waals surface area contributed by atoms with Crippen LogP contribution >= 0.6 is 11.8 Å². The van der Waals surface area contributed by atoms with Gasteiger partial charge in [0.1, 0.15) is 5.75 Å². The summed E-state index contributed by atoms with van der Waals surface area (Å²) in [5.74, 6) is 1.33. The van der Waals surface area contributed by atoms with Gasteiger partial charge in [0.05, 0.1) is 14.2 Å². The molecule has 1 aromatic carbocycles. The summed E-state index contributed by atoms with van der Waals surface area (Å²) in [6.07, 6.45) is 1.41. The van der Waals surface area contributed by atoms with Crippen molar-refractivity contribution in [3.05, 3.63) is 41.3 Å². The van der Waals surface area contributed by atoms with Crippen LogP contribution in [-0.4, -0.2) is 20.2 Å². The average Bonchev–Trinajstić information content (AvgIpc) is 2.35. The summed E-state index contributed by atoms with van der Waals surface area (Å²) in [6.45, 7) is 0. The lowest BCUT2D eigenvalue weighted by Crippen LogP contribution is -1.92. The lowest BCUT2D eigenvalue weighted by Gasteiger charge is -2.01. The third-order valence-corrected chi connectivity index (χ3v) is 2.74. The Kier molecular flexibility index (Phi) is 5.50. The Morgan fingerprint density at radius 3 is 2.56 bits per heavy atom. The first-order valence-corrected chi connectivity index (χ1v) is 5.80. The van der Waals surface area contributed by atoms with Gasteiger partial charge in [0, 0.05) is 11.8 Å². The van der Waals surface area contributed by atoms with E-state index in [-0.39, 0.29) is 5.97 Å². The quantitative estimate of drug-likeness (QED) is 0.583. The highest BCUT2D eigenvalue weighted by Crippen LogP contribution is 2.16. The molecule has 0 radical (unpaired) electrons. The molecule has 0 bridgehead atoms. The van der Waals surface area contributed by atoms with Gasteiger partial charge >= 0.3 is 5.97 Å². The Labute approximate surface area is 99.4 Å². The SMILES string of the molecule is COC(=O)/C=C\SCc1ccc(OC)cc1. The first kappa shape index (κ1) is 12.6. The van der Waals surface area contributed by atoms with Crippen LogP contribution in [0, 0.1) is 0 Å². The van der Waals surface area contributed by atoms with Crippen molar-refractivity contribution in [1.29, 1.82) is 0 Å². The summed E-state index contributed by atoms with van der Waals surface area (Å²) in [4.78, 5) is 10.8. The highest BCUT2D eigenvalue weighted by atomic mass is 32.2. The first-order chi connectivity index (χ1) is 7.76. The van der Waals surface area contributed by atoms with E-state index in [9.17, 15) is 4.79 Å². The van der Waals surface area contributed by atoms with E-state index in [0.717, 1.165) is 11.5 Å². The van der Waals surface area contributed by atoms with Crippen molar-refractivity contribution in [3.8, 4) is 5.75 Å². The van der Waals surface area contributed by atoms with Crippen LogP contribution in [0.4, 0.5) is 0 Å². The molecule has 0 aliphatic heterocycles. The molecule has 16 heavy (non-hydrogen) atoms. The second kappa shape index (κ2) is 6.95. The molecule has 0 N–H and O–H groups in total. The van der Waals surface area contributed by atoms with Crippen molar-refractivity contribution in [2.75, 3.05) is 14.2 Å². The third kappa shape index (κ3) is 4.40. The van der Waals surface area contributed by atoms with Crippen LogP contribution in [0.15, 0.2) is 35.7 Å². The lowest BCUT2D eigenvalue weighted by atomic mass is 10.2. The standard InChI is InChI=1S/C12H14O3S/c1-14-11-5-3-10(4-6-11)9-16-8-7-12(13)15-2/h3-8H,9H2,1-2H3/b8-7-. The van der Waals surface area contributed by atoms with Gasteiger partial charge in [-0.05, 0) is 23.1 Å². The number of ether oxygens (including phenoxy) is 2. The average molecular weight is 238 g/mol. The fraction of sp³-hybridized carbons (Fsp3) is 0.250. The Bertz CT molecular complexity index is 357. The molecule has 0 heterocycles. The van der Waals surface area contributed by atoms with Gasteiger partial charge in [0.2, 0.25) is 0 Å². The monoisotopic (exact) mass is 238 g/mol. The van der Waals surface area contributed by atoms with E-state index >= 15 is 0 Å². The molecule has 0 aliphatic rings. The van der Waals surface area contributed by atoms with E-state index in [1.165, 1.54) is 18.7 Å². The minimum Gasteiger partial charge on any atom is -0.497 e. The second-order valence-corrected chi connectivity index (χ2v) is 3.88. The number of hydrogen-bond donors (Lipinski definition) is 0. The summed E-state index contributed by atoms with van der Waals surface area (Å²) < 4.78 is 9.54. The van der Waals surface area contributed by atoms with Crippen LogP contribution in [0.25, 0.3) is 0 Å². The van der Waals surface area contributed by atoms with Crippen molar-refractivity contribution >= 4 is 17.7 Å². The molecule has 0 atom stereocenters. The van der Waals surface area contributed by atoms with Gasteiger partial charge < -0.3 is 9.47 Å². The van der Waals surface area contributed by atoms with Crippen LogP contribution in [0.5, 0.6) is 5.75 Å². The Balaban J connectivity index is 2.37. The third-order valence-electron chi connectivity index (χ3n) is 1.91. The maximum Gasteiger partial charge on any atom is 0.330 e. The smallest absolute Gasteiger partial charge is 0.330 e. The number of benzene rings is 1. The topological polar surface area (TPSA) is 35.5 Å². The molecule has 4 heteroatoms. The van der Waals surface area contributed by atoms with Gasteiger partial charge in [0.15, 0.2) is 0 Å². The number of thioether (sulfide) groups is 1. The number of hydrogen-bond acceptors (Lipinski definition) is 4. The maximum atomic E-state index is 10.8. The molecular weight excluding hydrogens is 224 g/mol. The zero-order valence-corrected chi connectivity index (χ0v) is 10.1. The predicted octanol–water partition coefficient (Wildman–Crippen LogP) is 2.62. The van der Waals surface area contributed by atoms with Crippen molar-refractivity contribution in [2.45, 2.75) is 5.75 Å². The molecule has 86 valence electrons. The van der Waals surface area contributed by atoms with Crippen LogP contribution in [0.1, 0.15) is 5.56 Å². The molecule has 1 aromatic rings. The zero-order valence-electron chi connectivity index (χ0n) is 9.30. The van der Waals surface area contributed by atoms with Gasteiger partial charge in [-0.3, -0.25) is 0 Å². The molecule has 0 fully saturated rings. The molecule has 0 aliphatic carbocycles. The molecule has 3 nitrogen and oxygen atoms in total. The molecule has 0 spiro atoms. The summed E-state index contributed by atoms with van der Waals surface area (Å²) >= 11 is 1.54. The summed E-state index contributed by atoms with van der Waals surface area (Å²) in [7, 11) is 3.00. The molecule has 0 saturated carbocycles. The van der Waals surface area contributed by atoms with E-state index in [4.69, 9.17) is 4.74 Å². The largest absolute Gasteiger partial charge is 0.497 e. The normalized spacial score (nSPS) is 10.4. The minimum absolute atomic E-state index is 0.331. The van der Waals surface area contributed by atoms with E-state index in [1.54, 1.807) is 24.3 Å². The minimum atomic E-state index is -0.331. The Morgan fingerprint density at radius 2 is 2.00 bits per heavy atom. The van der Waals surface area contributed by atoms with Gasteiger partial charge in [-0.15, -0.1) is 11.8 Å². The van der Waals surface area contributed by atoms with Gasteiger partial charge in [-0.1, -0.05) is 12.1 Å². The molecule has 0 aromatic heterocycles. The number of carbonyl (C=O) groups is 1. The van der Waals surface area contributed by atoms with Gasteiger partial charge in [-0.25, -0.2) is 4.79 Å². The number of esters is 1. The van der Waals surface area contributed by atoms with E-state index in [0.29, 0.717) is 0 Å². The van der Waals surface area contributed by atoms with Crippen LogP contribution in [0.2, 0.25) is 0 Å². The predicted molar refractivity (Wildman–Crippen MR) is 65.4 cm³/mol. The Hall–Kier alpha value is -1.42. The first-order valence-electron chi connectivity index (χ1n) is 4.75. The number of methoxy groups -OCH3 is 2. The van der Waals surface area contributed by atoms with Crippen molar-refractivity contribution in [3.63, 3.8) is 0 Å². The van der Waals surface area contributed by atoms with Crippen LogP contribution < -0.4 is 4.74 Å². The van der Waals surface area contributed by atoms with Crippen molar-refractivity contribution in [1.82, 2.24) is 0 Å².